The van der Waals surface area contributed by atoms with Crippen molar-refractivity contribution in [2.45, 2.75) is 40.4 Å². The molecule has 1 nitrogen and oxygen atoms in total. The summed E-state index contributed by atoms with van der Waals surface area (Å²) < 4.78 is 2.57. The summed E-state index contributed by atoms with van der Waals surface area (Å²) in [6, 6.07) is 0. The third-order valence-electron chi connectivity index (χ3n) is 6.53. The van der Waals surface area contributed by atoms with Crippen LogP contribution in [0, 0.1) is 11.8 Å². The van der Waals surface area contributed by atoms with Gasteiger partial charge in [0.05, 0.1) is 32.3 Å². The lowest BCUT2D eigenvalue weighted by Crippen LogP contribution is -2.51. The molecule has 1 heterocycles. The molecule has 1 saturated heterocycles. The van der Waals surface area contributed by atoms with Crippen molar-refractivity contribution in [3.8, 4) is 0 Å². The molecular weight excluding hydrogens is 610 g/mol. The maximum absolute atomic E-state index is 6.93. The Morgan fingerprint density at radius 3 is 1.04 bits per heavy atom. The molecule has 4 unspecified atom stereocenters. The zero-order valence-corrected chi connectivity index (χ0v) is 21.3. The highest BCUT2D eigenvalue weighted by Crippen LogP contribution is 2.85. The molecule has 5 aliphatic rings. The van der Waals surface area contributed by atoms with Crippen LogP contribution in [0.4, 0.5) is 0 Å². The van der Waals surface area contributed by atoms with Gasteiger partial charge < -0.3 is 4.74 Å². The summed E-state index contributed by atoms with van der Waals surface area (Å²) in [6.07, 6.45) is -1.77. The van der Waals surface area contributed by atoms with Crippen molar-refractivity contribution in [2.24, 2.45) is 11.8 Å². The molecule has 150 valence electrons. The summed E-state index contributed by atoms with van der Waals surface area (Å²) in [4.78, 5) is -6.53. The fourth-order valence-electron chi connectivity index (χ4n) is 5.34. The molecule has 0 spiro atoms. The number of ether oxygens (including phenoxy) is 1. The van der Waals surface area contributed by atoms with Gasteiger partial charge in [-0.2, -0.15) is 0 Å². The molecule has 4 bridgehead atoms. The lowest BCUT2D eigenvalue weighted by Gasteiger charge is -2.41. The highest BCUT2D eigenvalue weighted by atomic mass is 35.5. The van der Waals surface area contributed by atoms with E-state index >= 15 is 0 Å². The summed E-state index contributed by atoms with van der Waals surface area (Å²) >= 11 is 79.6. The fraction of sp³-hybridized carbons (Fsp3) is 0.714. The van der Waals surface area contributed by atoms with E-state index in [-0.39, 0.29) is 20.1 Å². The van der Waals surface area contributed by atoms with Gasteiger partial charge in [0, 0.05) is 11.8 Å². The van der Waals surface area contributed by atoms with E-state index in [0.29, 0.717) is 0 Å². The van der Waals surface area contributed by atoms with Gasteiger partial charge in [0.1, 0.15) is 19.5 Å². The van der Waals surface area contributed by atoms with Gasteiger partial charge in [-0.15, -0.1) is 46.4 Å². The van der Waals surface area contributed by atoms with E-state index in [4.69, 9.17) is 144 Å². The molecule has 27 heavy (non-hydrogen) atoms. The van der Waals surface area contributed by atoms with Gasteiger partial charge in [-0.3, -0.25) is 0 Å². The normalized spacial score (nSPS) is 59.1. The molecule has 0 N–H and O–H groups in total. The van der Waals surface area contributed by atoms with E-state index < -0.39 is 52.2 Å². The summed E-state index contributed by atoms with van der Waals surface area (Å²) in [6.45, 7) is 0. The summed E-state index contributed by atoms with van der Waals surface area (Å²) in [5.41, 5.74) is 0. The molecule has 0 amide bonds. The van der Waals surface area contributed by atoms with Crippen LogP contribution in [-0.2, 0) is 4.74 Å². The van der Waals surface area contributed by atoms with E-state index in [0.717, 1.165) is 0 Å². The smallest absolute Gasteiger partial charge is 0.169 e. The van der Waals surface area contributed by atoms with Crippen LogP contribution in [0.15, 0.2) is 20.1 Å². The number of fused-ring (bicyclic) bond motifs is 11. The summed E-state index contributed by atoms with van der Waals surface area (Å²) in [7, 11) is 0. The Kier molecular flexibility index (Phi) is 4.44. The molecule has 4 aliphatic carbocycles. The number of alkyl halides is 8. The van der Waals surface area contributed by atoms with Crippen molar-refractivity contribution in [1.82, 2.24) is 0 Å². The first-order chi connectivity index (χ1) is 12.1. The third-order valence-corrected chi connectivity index (χ3v) is 15.0. The SMILES string of the molecule is ClC1=C(Cl)[C@]2(Cl)C3OC4C(C3[C@@]1(Cl)C2(Cl)Cl)[C@@]1(Cl)C(Cl)=C(Cl)[C@]4(Cl)C1(Cl)Cl. The van der Waals surface area contributed by atoms with Crippen LogP contribution >= 0.6 is 139 Å². The number of halogens is 12. The van der Waals surface area contributed by atoms with Crippen LogP contribution in [0.1, 0.15) is 0 Å². The highest BCUT2D eigenvalue weighted by Gasteiger charge is 2.94. The van der Waals surface area contributed by atoms with E-state index in [9.17, 15) is 0 Å². The van der Waals surface area contributed by atoms with Gasteiger partial charge in [0.2, 0.25) is 0 Å². The minimum absolute atomic E-state index is 0.000174. The molecule has 5 rings (SSSR count). The predicted octanol–water partition coefficient (Wildman–Crippen LogP) is 7.68. The van der Waals surface area contributed by atoms with Crippen molar-refractivity contribution in [3.05, 3.63) is 20.1 Å². The second kappa shape index (κ2) is 5.52. The van der Waals surface area contributed by atoms with Gasteiger partial charge >= 0.3 is 0 Å². The maximum Gasteiger partial charge on any atom is 0.169 e. The zero-order chi connectivity index (χ0) is 20.3. The molecule has 13 heteroatoms. The van der Waals surface area contributed by atoms with E-state index in [2.05, 4.69) is 0 Å². The Labute approximate surface area is 214 Å². The van der Waals surface area contributed by atoms with Crippen LogP contribution in [0.25, 0.3) is 0 Å². The van der Waals surface area contributed by atoms with Crippen molar-refractivity contribution in [2.75, 3.05) is 0 Å². The van der Waals surface area contributed by atoms with Crippen LogP contribution in [0.5, 0.6) is 0 Å². The average molecular weight is 614 g/mol. The lowest BCUT2D eigenvalue weighted by atomic mass is 9.74. The number of hydrogen-bond donors (Lipinski definition) is 0. The van der Waals surface area contributed by atoms with Crippen LogP contribution < -0.4 is 0 Å². The average Bonchev–Trinajstić information content (AvgIpc) is 3.16. The molecule has 2 saturated carbocycles. The molecular formula is C14H4Cl12O. The van der Waals surface area contributed by atoms with Crippen LogP contribution in [0.2, 0.25) is 0 Å². The molecule has 1 aliphatic heterocycles. The lowest BCUT2D eigenvalue weighted by molar-refractivity contribution is 0.0144. The largest absolute Gasteiger partial charge is 0.370 e. The Hall–Kier alpha value is 2.92. The van der Waals surface area contributed by atoms with Gasteiger partial charge in [0.15, 0.2) is 8.67 Å². The first-order valence-corrected chi connectivity index (χ1v) is 11.9. The van der Waals surface area contributed by atoms with E-state index in [1.807, 2.05) is 0 Å². The number of hydrogen-bond acceptors (Lipinski definition) is 1. The number of rotatable bonds is 0. The maximum atomic E-state index is 6.93. The van der Waals surface area contributed by atoms with Gasteiger partial charge in [-0.05, 0) is 0 Å². The molecule has 0 radical (unpaired) electrons. The van der Waals surface area contributed by atoms with Crippen molar-refractivity contribution >= 4 is 139 Å². The first-order valence-electron chi connectivity index (χ1n) is 7.39. The standard InChI is InChI=1S/C14H4Cl12O/c15-3-5(17)11(21)7-1(9(3,19)13(11,23)24)2-8(27-7)12(22)6(18)4(16)10(2,20)14(12,25)26/h1-2,7-8H/t1?,2?,7?,8?,9-,10+,11-,12+. The molecule has 8 atom stereocenters. The zero-order valence-electron chi connectivity index (χ0n) is 12.3. The Morgan fingerprint density at radius 1 is 0.481 bits per heavy atom. The first kappa shape index (κ1) is 21.7. The minimum Gasteiger partial charge on any atom is -0.370 e. The minimum atomic E-state index is -1.81. The summed E-state index contributed by atoms with van der Waals surface area (Å²) in [5.74, 6) is -1.50. The van der Waals surface area contributed by atoms with Gasteiger partial charge in [0.25, 0.3) is 0 Å². The second-order valence-electron chi connectivity index (χ2n) is 7.28. The summed E-state index contributed by atoms with van der Waals surface area (Å²) in [5, 5.41) is 0.00695. The van der Waals surface area contributed by atoms with Gasteiger partial charge in [-0.1, -0.05) is 92.8 Å². The Bertz CT molecular complexity index is 811. The fourth-order valence-corrected chi connectivity index (χ4v) is 11.2. The van der Waals surface area contributed by atoms with Crippen molar-refractivity contribution in [1.29, 1.82) is 0 Å². The van der Waals surface area contributed by atoms with E-state index in [1.54, 1.807) is 0 Å². The van der Waals surface area contributed by atoms with Gasteiger partial charge in [-0.25, -0.2) is 0 Å². The number of allylic oxidation sites excluding steroid dienone is 2. The molecule has 0 aromatic rings. The predicted molar refractivity (Wildman–Crippen MR) is 116 cm³/mol. The van der Waals surface area contributed by atoms with Crippen molar-refractivity contribution < 1.29 is 4.74 Å². The monoisotopic (exact) mass is 608 g/mol. The molecule has 0 aromatic carbocycles. The Balaban J connectivity index is 1.80. The van der Waals surface area contributed by atoms with Crippen molar-refractivity contribution in [3.63, 3.8) is 0 Å². The van der Waals surface area contributed by atoms with Crippen LogP contribution in [0.3, 0.4) is 0 Å². The third kappa shape index (κ3) is 1.70. The van der Waals surface area contributed by atoms with E-state index in [1.165, 1.54) is 0 Å². The van der Waals surface area contributed by atoms with Crippen LogP contribution in [-0.4, -0.2) is 40.4 Å². The topological polar surface area (TPSA) is 9.23 Å². The molecule has 0 aromatic heterocycles. The second-order valence-corrected chi connectivity index (χ2v) is 13.8. The highest BCUT2D eigenvalue weighted by molar-refractivity contribution is 6.67. The molecule has 3 fully saturated rings. The quantitative estimate of drug-likeness (QED) is 0.255. The Morgan fingerprint density at radius 2 is 0.741 bits per heavy atom.